The van der Waals surface area contributed by atoms with Crippen molar-refractivity contribution in [3.63, 3.8) is 0 Å². The van der Waals surface area contributed by atoms with Crippen LogP contribution in [0.3, 0.4) is 0 Å². The Labute approximate surface area is 517 Å². The van der Waals surface area contributed by atoms with Crippen molar-refractivity contribution in [2.75, 3.05) is 13.2 Å². The van der Waals surface area contributed by atoms with Gasteiger partial charge in [-0.05, 0) is 148 Å². The van der Waals surface area contributed by atoms with Gasteiger partial charge in [-0.2, -0.15) is 0 Å². The third kappa shape index (κ3) is 69.0. The van der Waals surface area contributed by atoms with Gasteiger partial charge in [-0.1, -0.05) is 304 Å². The second kappa shape index (κ2) is 71.7. The van der Waals surface area contributed by atoms with Gasteiger partial charge in [0.15, 0.2) is 6.10 Å². The van der Waals surface area contributed by atoms with E-state index in [-0.39, 0.29) is 25.2 Å². The molecule has 0 aromatic carbocycles. The van der Waals surface area contributed by atoms with Crippen LogP contribution < -0.4 is 0 Å². The van der Waals surface area contributed by atoms with Gasteiger partial charge in [0.25, 0.3) is 0 Å². The van der Waals surface area contributed by atoms with E-state index in [1.54, 1.807) is 0 Å². The van der Waals surface area contributed by atoms with Crippen molar-refractivity contribution in [2.24, 2.45) is 0 Å². The molecule has 0 spiro atoms. The Hall–Kier alpha value is -5.52. The summed E-state index contributed by atoms with van der Waals surface area (Å²) in [5.41, 5.74) is 0. The minimum absolute atomic E-state index is 0.0878. The van der Waals surface area contributed by atoms with E-state index in [1.165, 1.54) is 77.0 Å². The Bertz CT molecular complexity index is 1980. The van der Waals surface area contributed by atoms with Crippen molar-refractivity contribution in [3.8, 4) is 0 Å². The van der Waals surface area contributed by atoms with Gasteiger partial charge < -0.3 is 14.6 Å². The number of hydrogen-bond donors (Lipinski definition) is 1. The first-order valence-corrected chi connectivity index (χ1v) is 33.6. The van der Waals surface area contributed by atoms with Gasteiger partial charge in [0, 0.05) is 12.8 Å². The maximum atomic E-state index is 12.4. The fourth-order valence-corrected chi connectivity index (χ4v) is 8.62. The molecule has 1 atom stereocenters. The molecular formula is C79H122O5. The lowest BCUT2D eigenvalue weighted by Gasteiger charge is -2.15. The number of rotatable bonds is 59. The van der Waals surface area contributed by atoms with Crippen LogP contribution in [0.4, 0.5) is 0 Å². The third-order valence-corrected chi connectivity index (χ3v) is 13.6. The quantitative estimate of drug-likeness (QED) is 0.0373. The summed E-state index contributed by atoms with van der Waals surface area (Å²) >= 11 is 0. The van der Waals surface area contributed by atoms with Crippen LogP contribution in [0.25, 0.3) is 0 Å². The zero-order chi connectivity index (χ0) is 60.5. The van der Waals surface area contributed by atoms with Crippen molar-refractivity contribution in [1.29, 1.82) is 0 Å². The van der Waals surface area contributed by atoms with E-state index in [0.717, 1.165) is 154 Å². The lowest BCUT2D eigenvalue weighted by Crippen LogP contribution is -2.28. The molecule has 0 aliphatic carbocycles. The molecule has 468 valence electrons. The maximum absolute atomic E-state index is 12.4. The SMILES string of the molecule is CC/C=C\C/C=C\C/C=C\C/C=C\C/C=C\C/C=C\C/C=C\C/C=C\C/C=C\CCCCCCCCCCCCCC(=O)OC(CO)COC(=O)CCCCCCCC/C=C\C/C=C\C/C=C\C/C=C\C/C=C\C/C=C\C/C=C\C/C=C\CC. The van der Waals surface area contributed by atoms with Crippen LogP contribution in [0.2, 0.25) is 0 Å². The second-order valence-electron chi connectivity index (χ2n) is 21.4. The molecule has 5 heteroatoms. The molecule has 0 amide bonds. The van der Waals surface area contributed by atoms with Crippen LogP contribution in [0.1, 0.15) is 258 Å². The zero-order valence-electron chi connectivity index (χ0n) is 53.6. The van der Waals surface area contributed by atoms with Gasteiger partial charge in [0.05, 0.1) is 6.61 Å². The largest absolute Gasteiger partial charge is 0.462 e. The topological polar surface area (TPSA) is 72.8 Å². The molecular weight excluding hydrogens is 1030 g/mol. The average Bonchev–Trinajstić information content (AvgIpc) is 3.51. The van der Waals surface area contributed by atoms with Crippen LogP contribution in [-0.2, 0) is 19.1 Å². The molecule has 1 unspecified atom stereocenters. The Balaban J connectivity index is 3.62. The van der Waals surface area contributed by atoms with Crippen LogP contribution in [0.5, 0.6) is 0 Å². The fraction of sp³-hybridized carbons (Fsp3) is 0.544. The summed E-state index contributed by atoms with van der Waals surface area (Å²) in [6, 6.07) is 0. The molecule has 0 heterocycles. The molecule has 1 N–H and O–H groups in total. The highest BCUT2D eigenvalue weighted by Crippen LogP contribution is 2.15. The number of unbranched alkanes of at least 4 members (excludes halogenated alkanes) is 17. The van der Waals surface area contributed by atoms with Crippen molar-refractivity contribution >= 4 is 11.9 Å². The van der Waals surface area contributed by atoms with E-state index in [4.69, 9.17) is 9.47 Å². The van der Waals surface area contributed by atoms with E-state index >= 15 is 0 Å². The monoisotopic (exact) mass is 1150 g/mol. The van der Waals surface area contributed by atoms with Gasteiger partial charge in [-0.25, -0.2) is 0 Å². The normalized spacial score (nSPS) is 13.6. The Morgan fingerprint density at radius 2 is 0.476 bits per heavy atom. The highest BCUT2D eigenvalue weighted by Gasteiger charge is 2.16. The summed E-state index contributed by atoms with van der Waals surface area (Å²) in [4.78, 5) is 24.6. The van der Waals surface area contributed by atoms with Crippen molar-refractivity contribution in [1.82, 2.24) is 0 Å². The standard InChI is InChI=1S/C79H122O5/c1-3-5-7-9-11-13-15-17-19-21-23-25-27-29-31-33-35-36-37-38-39-40-41-42-44-46-48-50-52-54-56-58-60-62-64-66-68-70-72-74-79(82)84-77(75-80)76-83-78(81)73-71-69-67-65-63-61-59-57-55-53-51-49-47-45-43-34-32-30-28-26-24-22-20-18-16-14-12-10-8-6-4-2/h5-8,11-14,17-20,23-26,29-32,35-36,38-39,41-43,45-46,48-49,51,55,57,77,80H,3-4,9-10,15-16,21-22,27-28,33-34,37,40,44,47,50,52-54,56,58-76H2,1-2H3/b7-5-,8-6-,13-11-,14-12-,19-17-,20-18-,25-23-,26-24-,31-29-,32-30-,36-35-,39-38-,42-41-,45-43-,48-46-,51-49-,57-55-. The summed E-state index contributed by atoms with van der Waals surface area (Å²) < 4.78 is 10.7. The van der Waals surface area contributed by atoms with Crippen LogP contribution >= 0.6 is 0 Å². The highest BCUT2D eigenvalue weighted by atomic mass is 16.6. The second-order valence-corrected chi connectivity index (χ2v) is 21.4. The third-order valence-electron chi connectivity index (χ3n) is 13.6. The van der Waals surface area contributed by atoms with E-state index in [2.05, 4.69) is 220 Å². The number of carbonyl (C=O) groups excluding carboxylic acids is 2. The predicted octanol–water partition coefficient (Wildman–Crippen LogP) is 23.8. The first-order chi connectivity index (χ1) is 41.6. The minimum atomic E-state index is -0.798. The van der Waals surface area contributed by atoms with Crippen molar-refractivity contribution in [2.45, 2.75) is 264 Å². The number of allylic oxidation sites excluding steroid dienone is 34. The first-order valence-electron chi connectivity index (χ1n) is 33.6. The number of aliphatic hydroxyl groups excluding tert-OH is 1. The molecule has 84 heavy (non-hydrogen) atoms. The van der Waals surface area contributed by atoms with E-state index in [9.17, 15) is 14.7 Å². The van der Waals surface area contributed by atoms with Gasteiger partial charge in [-0.15, -0.1) is 0 Å². The smallest absolute Gasteiger partial charge is 0.306 e. The molecule has 5 nitrogen and oxygen atoms in total. The molecule has 0 aromatic heterocycles. The van der Waals surface area contributed by atoms with Gasteiger partial charge in [0.2, 0.25) is 0 Å². The first kappa shape index (κ1) is 78.5. The van der Waals surface area contributed by atoms with E-state index < -0.39 is 6.10 Å². The maximum Gasteiger partial charge on any atom is 0.306 e. The summed E-state index contributed by atoms with van der Waals surface area (Å²) in [5, 5.41) is 9.70. The number of carbonyl (C=O) groups is 2. The van der Waals surface area contributed by atoms with Crippen LogP contribution in [0, 0.1) is 0 Å². The van der Waals surface area contributed by atoms with E-state index in [1.807, 2.05) is 0 Å². The van der Waals surface area contributed by atoms with Crippen LogP contribution in [0.15, 0.2) is 207 Å². The lowest BCUT2D eigenvalue weighted by atomic mass is 10.0. The summed E-state index contributed by atoms with van der Waals surface area (Å²) in [6.07, 6.45) is 115. The summed E-state index contributed by atoms with van der Waals surface area (Å²) in [6.45, 7) is 3.89. The summed E-state index contributed by atoms with van der Waals surface area (Å²) in [5.74, 6) is -0.623. The zero-order valence-corrected chi connectivity index (χ0v) is 53.6. The molecule has 0 bridgehead atoms. The number of hydrogen-bond acceptors (Lipinski definition) is 5. The molecule has 0 aliphatic heterocycles. The van der Waals surface area contributed by atoms with Gasteiger partial charge in [0.1, 0.15) is 6.61 Å². The van der Waals surface area contributed by atoms with Crippen molar-refractivity contribution < 1.29 is 24.2 Å². The average molecular weight is 1150 g/mol. The Morgan fingerprint density at radius 3 is 0.714 bits per heavy atom. The number of esters is 2. The Kier molecular flexibility index (Phi) is 67.0. The lowest BCUT2D eigenvalue weighted by molar-refractivity contribution is -0.161. The molecule has 0 fully saturated rings. The Morgan fingerprint density at radius 1 is 0.274 bits per heavy atom. The highest BCUT2D eigenvalue weighted by molar-refractivity contribution is 5.70. The fourth-order valence-electron chi connectivity index (χ4n) is 8.62. The predicted molar refractivity (Wildman–Crippen MR) is 370 cm³/mol. The minimum Gasteiger partial charge on any atom is -0.462 e. The number of aliphatic hydroxyl groups is 1. The van der Waals surface area contributed by atoms with Crippen molar-refractivity contribution in [3.05, 3.63) is 207 Å². The molecule has 0 saturated heterocycles. The molecule has 0 aromatic rings. The molecule has 0 rings (SSSR count). The molecule has 0 saturated carbocycles. The van der Waals surface area contributed by atoms with Crippen LogP contribution in [-0.4, -0.2) is 36.4 Å². The van der Waals surface area contributed by atoms with E-state index in [0.29, 0.717) is 12.8 Å². The van der Waals surface area contributed by atoms with Gasteiger partial charge >= 0.3 is 11.9 Å². The number of ether oxygens (including phenoxy) is 2. The molecule has 0 aliphatic rings. The van der Waals surface area contributed by atoms with Gasteiger partial charge in [-0.3, -0.25) is 9.59 Å². The molecule has 0 radical (unpaired) electrons. The summed E-state index contributed by atoms with van der Waals surface area (Å²) in [7, 11) is 0.